The number of pyridine rings is 2. The van der Waals surface area contributed by atoms with Crippen LogP contribution in [0.5, 0.6) is 0 Å². The Morgan fingerprint density at radius 3 is 2.82 bits per heavy atom. The second kappa shape index (κ2) is 9.21. The number of hydrogen-bond donors (Lipinski definition) is 2. The quantitative estimate of drug-likeness (QED) is 0.441. The van der Waals surface area contributed by atoms with Crippen molar-refractivity contribution in [2.24, 2.45) is 10.7 Å². The summed E-state index contributed by atoms with van der Waals surface area (Å²) in [6.45, 7) is 1.69. The number of hydrogen-bond acceptors (Lipinski definition) is 8. The summed E-state index contributed by atoms with van der Waals surface area (Å²) in [4.78, 5) is 12.1. The number of anilines is 1. The van der Waals surface area contributed by atoms with Gasteiger partial charge in [0.2, 0.25) is 0 Å². The van der Waals surface area contributed by atoms with E-state index in [-0.39, 0.29) is 6.10 Å². The van der Waals surface area contributed by atoms with E-state index in [1.807, 2.05) is 35.0 Å². The number of fused-ring (bicyclic) bond motifs is 2. The molecule has 0 aliphatic carbocycles. The van der Waals surface area contributed by atoms with Crippen LogP contribution >= 0.6 is 11.8 Å². The first-order chi connectivity index (χ1) is 16.1. The molecule has 0 unspecified atom stereocenters. The summed E-state index contributed by atoms with van der Waals surface area (Å²) < 4.78 is 1.96. The predicted octanol–water partition coefficient (Wildman–Crippen LogP) is 3.39. The normalized spacial score (nSPS) is 15.8. The van der Waals surface area contributed by atoms with E-state index >= 15 is 0 Å². The highest BCUT2D eigenvalue weighted by Gasteiger charge is 2.18. The number of nitrogens with zero attached hydrogens (tertiary/aromatic N) is 6. The van der Waals surface area contributed by atoms with E-state index in [4.69, 9.17) is 5.73 Å². The maximum atomic E-state index is 9.79. The van der Waals surface area contributed by atoms with Crippen molar-refractivity contribution in [2.75, 3.05) is 25.0 Å². The summed E-state index contributed by atoms with van der Waals surface area (Å²) in [5.41, 5.74) is 10.4. The Bertz CT molecular complexity index is 1360. The lowest BCUT2D eigenvalue weighted by Crippen LogP contribution is -2.35. The molecule has 4 heterocycles. The highest BCUT2D eigenvalue weighted by Crippen LogP contribution is 2.31. The number of piperidine rings is 1. The van der Waals surface area contributed by atoms with Crippen molar-refractivity contribution in [3.8, 4) is 0 Å². The summed E-state index contributed by atoms with van der Waals surface area (Å²) >= 11 is 1.55. The number of rotatable bonds is 5. The zero-order valence-corrected chi connectivity index (χ0v) is 19.1. The van der Waals surface area contributed by atoms with Crippen molar-refractivity contribution in [3.63, 3.8) is 0 Å². The second-order valence-corrected chi connectivity index (χ2v) is 9.05. The molecule has 1 aromatic carbocycles. The number of aliphatic imine (C=N–C) groups is 1. The zero-order valence-electron chi connectivity index (χ0n) is 18.3. The average Bonchev–Trinajstić information content (AvgIpc) is 3.24. The molecule has 1 aliphatic heterocycles. The van der Waals surface area contributed by atoms with Gasteiger partial charge in [0.25, 0.3) is 0 Å². The van der Waals surface area contributed by atoms with Gasteiger partial charge in [0, 0.05) is 60.2 Å². The molecular weight excluding hydrogens is 434 g/mol. The van der Waals surface area contributed by atoms with Gasteiger partial charge < -0.3 is 15.7 Å². The molecule has 168 valence electrons. The highest BCUT2D eigenvalue weighted by molar-refractivity contribution is 7.99. The largest absolute Gasteiger partial charge is 0.404 e. The zero-order chi connectivity index (χ0) is 22.8. The predicted molar refractivity (Wildman–Crippen MR) is 133 cm³/mol. The minimum absolute atomic E-state index is 0.193. The Morgan fingerprint density at radius 2 is 2.03 bits per heavy atom. The molecule has 1 aliphatic rings. The smallest absolute Gasteiger partial charge is 0.200 e. The highest BCUT2D eigenvalue weighted by atomic mass is 32.2. The van der Waals surface area contributed by atoms with E-state index < -0.39 is 0 Å². The van der Waals surface area contributed by atoms with Gasteiger partial charge >= 0.3 is 0 Å². The molecule has 0 atom stereocenters. The number of aromatic nitrogens is 4. The van der Waals surface area contributed by atoms with Crippen molar-refractivity contribution in [2.45, 2.75) is 29.0 Å². The van der Waals surface area contributed by atoms with Crippen molar-refractivity contribution in [1.29, 1.82) is 0 Å². The Labute approximate surface area is 195 Å². The molecule has 0 amide bonds. The molecule has 0 bridgehead atoms. The first-order valence-corrected chi connectivity index (χ1v) is 11.7. The third-order valence-corrected chi connectivity index (χ3v) is 6.78. The van der Waals surface area contributed by atoms with Crippen LogP contribution in [0.3, 0.4) is 0 Å². The van der Waals surface area contributed by atoms with E-state index in [0.29, 0.717) is 0 Å². The maximum Gasteiger partial charge on any atom is 0.200 e. The SMILES string of the molecule is CN=CC(=CN)c1ccc2nnc(Sc3ccc4ncc(N5CCC(O)CC5)cc4c3)n2c1. The van der Waals surface area contributed by atoms with Gasteiger partial charge in [-0.15, -0.1) is 10.2 Å². The lowest BCUT2D eigenvalue weighted by molar-refractivity contribution is 0.145. The molecule has 8 nitrogen and oxygen atoms in total. The Morgan fingerprint density at radius 1 is 1.18 bits per heavy atom. The Balaban J connectivity index is 1.44. The van der Waals surface area contributed by atoms with Crippen LogP contribution in [0.15, 0.2) is 70.0 Å². The van der Waals surface area contributed by atoms with Crippen LogP contribution < -0.4 is 10.6 Å². The lowest BCUT2D eigenvalue weighted by Gasteiger charge is -2.31. The molecule has 1 saturated heterocycles. The first kappa shape index (κ1) is 21.4. The van der Waals surface area contributed by atoms with Crippen LogP contribution in [-0.2, 0) is 0 Å². The summed E-state index contributed by atoms with van der Waals surface area (Å²) in [6, 6.07) is 12.3. The molecule has 5 rings (SSSR count). The minimum Gasteiger partial charge on any atom is -0.404 e. The Kier molecular flexibility index (Phi) is 5.97. The van der Waals surface area contributed by atoms with Crippen LogP contribution in [-0.4, -0.2) is 57.1 Å². The van der Waals surface area contributed by atoms with Gasteiger partial charge in [0.1, 0.15) is 0 Å². The van der Waals surface area contributed by atoms with Gasteiger partial charge in [0.05, 0.1) is 23.5 Å². The number of nitrogens with two attached hydrogens (primary N) is 1. The molecule has 0 spiro atoms. The molecule has 0 saturated carbocycles. The van der Waals surface area contributed by atoms with E-state index in [2.05, 4.69) is 43.3 Å². The molecule has 4 aromatic rings. The number of aliphatic hydroxyl groups excluding tert-OH is 1. The molecule has 9 heteroatoms. The van der Waals surface area contributed by atoms with Gasteiger partial charge in [-0.2, -0.15) is 0 Å². The first-order valence-electron chi connectivity index (χ1n) is 10.8. The molecule has 1 fully saturated rings. The third kappa shape index (κ3) is 4.42. The van der Waals surface area contributed by atoms with Gasteiger partial charge in [-0.05, 0) is 61.0 Å². The van der Waals surface area contributed by atoms with Crippen molar-refractivity contribution in [1.82, 2.24) is 19.6 Å². The Hall–Kier alpha value is -3.43. The van der Waals surface area contributed by atoms with Crippen LogP contribution in [0.25, 0.3) is 22.1 Å². The standard InChI is InChI=1S/C24H25N7OS/c1-26-13-18(12-25)16-2-5-23-28-29-24(31(23)15-16)33-21-3-4-22-17(11-21)10-19(14-27-22)30-8-6-20(32)7-9-30/h2-5,10-15,20,32H,6-9,25H2,1H3. The van der Waals surface area contributed by atoms with E-state index in [1.54, 1.807) is 31.2 Å². The second-order valence-electron chi connectivity index (χ2n) is 8.01. The fourth-order valence-electron chi connectivity index (χ4n) is 4.03. The third-order valence-electron chi connectivity index (χ3n) is 5.83. The van der Waals surface area contributed by atoms with Crippen molar-refractivity contribution in [3.05, 3.63) is 60.6 Å². The van der Waals surface area contributed by atoms with Gasteiger partial charge in [-0.25, -0.2) is 0 Å². The van der Waals surface area contributed by atoms with Crippen LogP contribution in [0.4, 0.5) is 5.69 Å². The van der Waals surface area contributed by atoms with Crippen LogP contribution in [0, 0.1) is 0 Å². The summed E-state index contributed by atoms with van der Waals surface area (Å²) in [5.74, 6) is 0. The van der Waals surface area contributed by atoms with Crippen molar-refractivity contribution < 1.29 is 5.11 Å². The summed E-state index contributed by atoms with van der Waals surface area (Å²) in [7, 11) is 1.72. The molecule has 0 radical (unpaired) electrons. The molecular formula is C24H25N7OS. The topological polar surface area (TPSA) is 105 Å². The summed E-state index contributed by atoms with van der Waals surface area (Å²) in [6.07, 6.45) is 8.56. The van der Waals surface area contributed by atoms with Gasteiger partial charge in [-0.3, -0.25) is 14.4 Å². The molecule has 3 aromatic heterocycles. The number of allylic oxidation sites excluding steroid dienone is 1. The van der Waals surface area contributed by atoms with E-state index in [9.17, 15) is 5.11 Å². The van der Waals surface area contributed by atoms with Crippen LogP contribution in [0.2, 0.25) is 0 Å². The van der Waals surface area contributed by atoms with Gasteiger partial charge in [-0.1, -0.05) is 0 Å². The summed E-state index contributed by atoms with van der Waals surface area (Å²) in [5, 5.41) is 20.3. The molecule has 3 N–H and O–H groups in total. The van der Waals surface area contributed by atoms with Crippen LogP contribution in [0.1, 0.15) is 18.4 Å². The van der Waals surface area contributed by atoms with E-state index in [1.165, 1.54) is 0 Å². The minimum atomic E-state index is -0.193. The fraction of sp³-hybridized carbons (Fsp3) is 0.250. The lowest BCUT2D eigenvalue weighted by atomic mass is 10.1. The monoisotopic (exact) mass is 459 g/mol. The maximum absolute atomic E-state index is 9.79. The molecule has 33 heavy (non-hydrogen) atoms. The number of aliphatic hydroxyl groups is 1. The average molecular weight is 460 g/mol. The number of benzene rings is 1. The van der Waals surface area contributed by atoms with E-state index in [0.717, 1.165) is 69.4 Å². The van der Waals surface area contributed by atoms with Gasteiger partial charge in [0.15, 0.2) is 10.8 Å². The van der Waals surface area contributed by atoms with Crippen molar-refractivity contribution >= 4 is 45.8 Å². The fourth-order valence-corrected chi connectivity index (χ4v) is 4.89.